The van der Waals surface area contributed by atoms with E-state index in [1.165, 1.54) is 7.11 Å². The van der Waals surface area contributed by atoms with Crippen molar-refractivity contribution in [1.82, 2.24) is 9.88 Å². The predicted octanol–water partition coefficient (Wildman–Crippen LogP) is 0.993. The zero-order valence-electron chi connectivity index (χ0n) is 10.0. The number of hydrogen-bond acceptors (Lipinski definition) is 4. The van der Waals surface area contributed by atoms with Crippen molar-refractivity contribution in [3.8, 4) is 0 Å². The highest BCUT2D eigenvalue weighted by molar-refractivity contribution is 5.81. The van der Waals surface area contributed by atoms with Gasteiger partial charge in [0.05, 0.1) is 25.8 Å². The lowest BCUT2D eigenvalue weighted by molar-refractivity contribution is -0.143. The molecule has 0 fully saturated rings. The van der Waals surface area contributed by atoms with Gasteiger partial charge in [0.15, 0.2) is 0 Å². The lowest BCUT2D eigenvalue weighted by atomic mass is 10.2. The number of ether oxygens (including phenoxy) is 1. The number of pyridine rings is 1. The van der Waals surface area contributed by atoms with Gasteiger partial charge >= 0.3 is 5.97 Å². The summed E-state index contributed by atoms with van der Waals surface area (Å²) in [5.74, 6) is -0.467. The van der Waals surface area contributed by atoms with Crippen LogP contribution in [0.2, 0.25) is 0 Å². The third-order valence-electron chi connectivity index (χ3n) is 2.32. The number of methoxy groups -OCH3 is 1. The fourth-order valence-corrected chi connectivity index (χ4v) is 1.32. The van der Waals surface area contributed by atoms with Gasteiger partial charge in [-0.2, -0.15) is 0 Å². The molecule has 0 unspecified atom stereocenters. The van der Waals surface area contributed by atoms with Gasteiger partial charge in [0.2, 0.25) is 5.91 Å². The van der Waals surface area contributed by atoms with E-state index in [0.29, 0.717) is 6.54 Å². The molecule has 0 atom stereocenters. The molecule has 1 amide bonds. The predicted molar refractivity (Wildman–Crippen MR) is 62.0 cm³/mol. The van der Waals surface area contributed by atoms with Crippen molar-refractivity contribution in [1.29, 1.82) is 0 Å². The van der Waals surface area contributed by atoms with Gasteiger partial charge < -0.3 is 9.64 Å². The first kappa shape index (κ1) is 13.2. The highest BCUT2D eigenvalue weighted by Crippen LogP contribution is 2.02. The van der Waals surface area contributed by atoms with E-state index in [9.17, 15) is 9.59 Å². The molecule has 17 heavy (non-hydrogen) atoms. The average molecular weight is 236 g/mol. The molecule has 0 radical (unpaired) electrons. The van der Waals surface area contributed by atoms with Crippen molar-refractivity contribution in [2.75, 3.05) is 14.2 Å². The van der Waals surface area contributed by atoms with E-state index in [0.717, 1.165) is 5.69 Å². The van der Waals surface area contributed by atoms with Crippen LogP contribution < -0.4 is 0 Å². The van der Waals surface area contributed by atoms with Crippen molar-refractivity contribution in [3.63, 3.8) is 0 Å². The summed E-state index contributed by atoms with van der Waals surface area (Å²) in [5, 5.41) is 0. The smallest absolute Gasteiger partial charge is 0.306 e. The summed E-state index contributed by atoms with van der Waals surface area (Å²) in [6.07, 6.45) is 1.96. The van der Waals surface area contributed by atoms with Crippen LogP contribution in [0, 0.1) is 0 Å². The molecule has 0 aliphatic heterocycles. The molecule has 5 heteroatoms. The fraction of sp³-hybridized carbons (Fsp3) is 0.417. The number of rotatable bonds is 5. The van der Waals surface area contributed by atoms with Crippen LogP contribution in [0.25, 0.3) is 0 Å². The quantitative estimate of drug-likeness (QED) is 0.715. The molecule has 0 N–H and O–H groups in total. The van der Waals surface area contributed by atoms with Gasteiger partial charge in [-0.1, -0.05) is 6.07 Å². The number of nitrogens with zero attached hydrogens (tertiary/aromatic N) is 2. The second-order valence-corrected chi connectivity index (χ2v) is 3.65. The Kier molecular flexibility index (Phi) is 5.13. The highest BCUT2D eigenvalue weighted by atomic mass is 16.5. The molecule has 0 bridgehead atoms. The Balaban J connectivity index is 2.40. The van der Waals surface area contributed by atoms with Crippen LogP contribution in [0.1, 0.15) is 18.5 Å². The molecular weight excluding hydrogens is 220 g/mol. The molecule has 0 aromatic carbocycles. The Labute approximate surface area is 100 Å². The Morgan fingerprint density at radius 3 is 2.71 bits per heavy atom. The molecule has 1 aromatic rings. The van der Waals surface area contributed by atoms with Crippen molar-refractivity contribution < 1.29 is 14.3 Å². The summed E-state index contributed by atoms with van der Waals surface area (Å²) in [6, 6.07) is 5.54. The molecule has 0 saturated heterocycles. The van der Waals surface area contributed by atoms with Crippen LogP contribution in [0.3, 0.4) is 0 Å². The van der Waals surface area contributed by atoms with E-state index in [2.05, 4.69) is 9.72 Å². The van der Waals surface area contributed by atoms with Gasteiger partial charge in [0.25, 0.3) is 0 Å². The second kappa shape index (κ2) is 6.62. The molecule has 1 heterocycles. The van der Waals surface area contributed by atoms with Crippen molar-refractivity contribution in [3.05, 3.63) is 30.1 Å². The summed E-state index contributed by atoms with van der Waals surface area (Å²) in [4.78, 5) is 28.2. The lowest BCUT2D eigenvalue weighted by Crippen LogP contribution is -2.27. The number of carbonyl (C=O) groups is 2. The van der Waals surface area contributed by atoms with Crippen LogP contribution in [-0.4, -0.2) is 35.9 Å². The molecule has 1 aromatic heterocycles. The zero-order valence-corrected chi connectivity index (χ0v) is 10.0. The third-order valence-corrected chi connectivity index (χ3v) is 2.32. The summed E-state index contributed by atoms with van der Waals surface area (Å²) in [7, 11) is 3.00. The first-order valence-electron chi connectivity index (χ1n) is 5.34. The van der Waals surface area contributed by atoms with E-state index in [-0.39, 0.29) is 24.7 Å². The van der Waals surface area contributed by atoms with Crippen LogP contribution in [0.5, 0.6) is 0 Å². The average Bonchev–Trinajstić information content (AvgIpc) is 2.36. The van der Waals surface area contributed by atoms with Gasteiger partial charge in [-0.3, -0.25) is 14.6 Å². The standard InChI is InChI=1S/C12H16N2O3/c1-14(9-10-5-3-4-8-13-10)11(15)6-7-12(16)17-2/h3-5,8H,6-7,9H2,1-2H3. The van der Waals surface area contributed by atoms with Gasteiger partial charge in [0, 0.05) is 19.7 Å². The largest absolute Gasteiger partial charge is 0.469 e. The maximum absolute atomic E-state index is 11.7. The molecule has 0 aliphatic carbocycles. The summed E-state index contributed by atoms with van der Waals surface area (Å²) < 4.78 is 4.48. The maximum Gasteiger partial charge on any atom is 0.306 e. The van der Waals surface area contributed by atoms with Gasteiger partial charge in [-0.25, -0.2) is 0 Å². The van der Waals surface area contributed by atoms with Crippen molar-refractivity contribution >= 4 is 11.9 Å². The summed E-state index contributed by atoms with van der Waals surface area (Å²) in [6.45, 7) is 0.445. The van der Waals surface area contributed by atoms with E-state index < -0.39 is 0 Å². The van der Waals surface area contributed by atoms with Crippen LogP contribution in [0.4, 0.5) is 0 Å². The number of amides is 1. The molecule has 0 spiro atoms. The highest BCUT2D eigenvalue weighted by Gasteiger charge is 2.12. The number of hydrogen-bond donors (Lipinski definition) is 0. The minimum Gasteiger partial charge on any atom is -0.469 e. The van der Waals surface area contributed by atoms with Crippen LogP contribution in [-0.2, 0) is 20.9 Å². The summed E-state index contributed by atoms with van der Waals surface area (Å²) in [5.41, 5.74) is 0.821. The number of aromatic nitrogens is 1. The number of carbonyl (C=O) groups excluding carboxylic acids is 2. The maximum atomic E-state index is 11.7. The molecular formula is C12H16N2O3. The van der Waals surface area contributed by atoms with E-state index >= 15 is 0 Å². The van der Waals surface area contributed by atoms with Gasteiger partial charge in [-0.15, -0.1) is 0 Å². The van der Waals surface area contributed by atoms with Gasteiger partial charge in [0.1, 0.15) is 0 Å². The Bertz CT molecular complexity index is 379. The van der Waals surface area contributed by atoms with Crippen molar-refractivity contribution in [2.24, 2.45) is 0 Å². The topological polar surface area (TPSA) is 59.5 Å². The summed E-state index contributed by atoms with van der Waals surface area (Å²) >= 11 is 0. The number of esters is 1. The molecule has 1 rings (SSSR count). The first-order valence-corrected chi connectivity index (χ1v) is 5.34. The Hall–Kier alpha value is -1.91. The van der Waals surface area contributed by atoms with E-state index in [1.807, 2.05) is 18.2 Å². The molecule has 92 valence electrons. The van der Waals surface area contributed by atoms with E-state index in [4.69, 9.17) is 0 Å². The Morgan fingerprint density at radius 1 is 1.35 bits per heavy atom. The minimum atomic E-state index is -0.371. The fourth-order valence-electron chi connectivity index (χ4n) is 1.32. The first-order chi connectivity index (χ1) is 8.13. The Morgan fingerprint density at radius 2 is 2.12 bits per heavy atom. The second-order valence-electron chi connectivity index (χ2n) is 3.65. The molecule has 5 nitrogen and oxygen atoms in total. The van der Waals surface area contributed by atoms with Crippen LogP contribution in [0.15, 0.2) is 24.4 Å². The monoisotopic (exact) mass is 236 g/mol. The minimum absolute atomic E-state index is 0.0962. The normalized spacial score (nSPS) is 9.76. The zero-order chi connectivity index (χ0) is 12.7. The SMILES string of the molecule is COC(=O)CCC(=O)N(C)Cc1ccccn1. The molecule has 0 saturated carbocycles. The van der Waals surface area contributed by atoms with Crippen molar-refractivity contribution in [2.45, 2.75) is 19.4 Å². The van der Waals surface area contributed by atoms with E-state index in [1.54, 1.807) is 18.1 Å². The van der Waals surface area contributed by atoms with Crippen LogP contribution >= 0.6 is 0 Å². The molecule has 0 aliphatic rings. The van der Waals surface area contributed by atoms with Gasteiger partial charge in [-0.05, 0) is 12.1 Å². The third kappa shape index (κ3) is 4.63. The lowest BCUT2D eigenvalue weighted by Gasteiger charge is -2.16.